The van der Waals surface area contributed by atoms with Crippen molar-refractivity contribution in [2.24, 2.45) is 4.99 Å². The molecule has 0 spiro atoms. The fourth-order valence-corrected chi connectivity index (χ4v) is 5.65. The number of hydrogen-bond acceptors (Lipinski definition) is 8. The van der Waals surface area contributed by atoms with Crippen LogP contribution in [-0.2, 0) is 14.3 Å². The molecule has 1 amide bonds. The van der Waals surface area contributed by atoms with Crippen LogP contribution in [0.5, 0.6) is 0 Å². The van der Waals surface area contributed by atoms with E-state index >= 15 is 0 Å². The Morgan fingerprint density at radius 1 is 1.31 bits per heavy atom. The SMILES string of the molecule is CC(=O)N1CC2COCC(C1)N2CC1=C(C(=O)O)[C@H](c2ccc(F)cc2Cl)N=C(c2nccs2)N1. The average molecular weight is 520 g/mol. The summed E-state index contributed by atoms with van der Waals surface area (Å²) in [7, 11) is 0. The van der Waals surface area contributed by atoms with Crippen LogP contribution in [0.4, 0.5) is 4.39 Å². The maximum absolute atomic E-state index is 13.8. The van der Waals surface area contributed by atoms with Gasteiger partial charge in [0.15, 0.2) is 10.8 Å². The summed E-state index contributed by atoms with van der Waals surface area (Å²) in [5, 5.41) is 16.0. The van der Waals surface area contributed by atoms with Gasteiger partial charge in [-0.1, -0.05) is 17.7 Å². The Hall–Kier alpha value is -2.86. The maximum Gasteiger partial charge on any atom is 0.335 e. The Bertz CT molecular complexity index is 1210. The number of hydrogen-bond donors (Lipinski definition) is 2. The molecule has 4 heterocycles. The molecule has 1 aromatic carbocycles. The van der Waals surface area contributed by atoms with Gasteiger partial charge in [-0.05, 0) is 12.1 Å². The zero-order chi connectivity index (χ0) is 24.7. The number of aromatic nitrogens is 1. The molecule has 2 bridgehead atoms. The van der Waals surface area contributed by atoms with Crippen LogP contribution < -0.4 is 5.32 Å². The minimum Gasteiger partial charge on any atom is -0.478 e. The van der Waals surface area contributed by atoms with Crippen molar-refractivity contribution < 1.29 is 23.8 Å². The minimum atomic E-state index is -1.15. The number of amides is 1. The van der Waals surface area contributed by atoms with Gasteiger partial charge < -0.3 is 20.1 Å². The van der Waals surface area contributed by atoms with E-state index in [9.17, 15) is 19.1 Å². The van der Waals surface area contributed by atoms with E-state index in [-0.39, 0.29) is 35.1 Å². The highest BCUT2D eigenvalue weighted by Gasteiger charge is 2.41. The summed E-state index contributed by atoms with van der Waals surface area (Å²) in [5.41, 5.74) is 0.881. The zero-order valence-corrected chi connectivity index (χ0v) is 20.4. The first-order chi connectivity index (χ1) is 16.8. The van der Waals surface area contributed by atoms with Crippen molar-refractivity contribution in [1.82, 2.24) is 20.1 Å². The largest absolute Gasteiger partial charge is 0.478 e. The van der Waals surface area contributed by atoms with E-state index in [0.717, 1.165) is 6.07 Å². The van der Waals surface area contributed by atoms with Crippen LogP contribution in [0.15, 0.2) is 46.0 Å². The first-order valence-electron chi connectivity index (χ1n) is 11.1. The number of ether oxygens (including phenoxy) is 1. The molecule has 3 atom stereocenters. The maximum atomic E-state index is 13.8. The number of carboxylic acids is 1. The summed E-state index contributed by atoms with van der Waals surface area (Å²) >= 11 is 7.71. The van der Waals surface area contributed by atoms with Crippen molar-refractivity contribution in [2.75, 3.05) is 32.8 Å². The Kier molecular flexibility index (Phi) is 6.58. The number of amidine groups is 1. The summed E-state index contributed by atoms with van der Waals surface area (Å²) in [6.07, 6.45) is 1.64. The van der Waals surface area contributed by atoms with Gasteiger partial charge in [0, 0.05) is 54.4 Å². The van der Waals surface area contributed by atoms with Crippen molar-refractivity contribution >= 4 is 40.6 Å². The first kappa shape index (κ1) is 23.9. The number of thiazole rings is 1. The van der Waals surface area contributed by atoms with E-state index in [4.69, 9.17) is 16.3 Å². The lowest BCUT2D eigenvalue weighted by Crippen LogP contribution is -2.66. The summed E-state index contributed by atoms with van der Waals surface area (Å²) in [4.78, 5) is 37.5. The first-order valence-corrected chi connectivity index (χ1v) is 12.3. The zero-order valence-electron chi connectivity index (χ0n) is 18.8. The van der Waals surface area contributed by atoms with Crippen molar-refractivity contribution in [3.8, 4) is 0 Å². The van der Waals surface area contributed by atoms with Crippen LogP contribution in [0.25, 0.3) is 0 Å². The fraction of sp³-hybridized carbons (Fsp3) is 0.391. The number of nitrogens with zero attached hydrogens (tertiary/aromatic N) is 4. The highest BCUT2D eigenvalue weighted by molar-refractivity contribution is 7.11. The standard InChI is InChI=1S/C23H23ClFN5O4S/c1-12(31)29-7-14-10-34-11-15(8-29)30(14)9-18-19(23(32)33)20(16-3-2-13(25)6-17(16)24)28-21(27-18)22-26-4-5-35-22/h2-6,14-15,20H,7-11H2,1H3,(H,27,28)(H,32,33)/t14?,15?,20-/m0/s1. The molecule has 0 aliphatic carbocycles. The Morgan fingerprint density at radius 3 is 2.66 bits per heavy atom. The molecular weight excluding hydrogens is 497 g/mol. The van der Waals surface area contributed by atoms with Gasteiger partial charge >= 0.3 is 5.97 Å². The second-order valence-corrected chi connectivity index (χ2v) is 9.95. The van der Waals surface area contributed by atoms with Crippen LogP contribution in [0, 0.1) is 5.82 Å². The van der Waals surface area contributed by atoms with Gasteiger partial charge in [0.25, 0.3) is 0 Å². The Balaban J connectivity index is 1.56. The molecule has 5 rings (SSSR count). The van der Waals surface area contributed by atoms with E-state index in [1.54, 1.807) is 23.4 Å². The van der Waals surface area contributed by atoms with Crippen molar-refractivity contribution in [2.45, 2.75) is 25.0 Å². The Morgan fingerprint density at radius 2 is 2.06 bits per heavy atom. The number of nitrogens with one attached hydrogen (secondary N) is 1. The van der Waals surface area contributed by atoms with Crippen molar-refractivity contribution in [3.63, 3.8) is 0 Å². The molecule has 12 heteroatoms. The number of morpholine rings is 1. The van der Waals surface area contributed by atoms with Gasteiger partial charge in [-0.25, -0.2) is 14.2 Å². The normalized spacial score (nSPS) is 24.7. The molecule has 1 aromatic heterocycles. The Labute approximate surface area is 209 Å². The molecule has 2 saturated heterocycles. The molecular formula is C23H23ClFN5O4S. The molecule has 9 nitrogen and oxygen atoms in total. The lowest BCUT2D eigenvalue weighted by Gasteiger charge is -2.50. The van der Waals surface area contributed by atoms with Crippen LogP contribution in [-0.4, -0.2) is 82.5 Å². The molecule has 184 valence electrons. The second kappa shape index (κ2) is 9.65. The van der Waals surface area contributed by atoms with Crippen LogP contribution in [0.3, 0.4) is 0 Å². The van der Waals surface area contributed by atoms with Gasteiger partial charge in [0.05, 0.1) is 30.9 Å². The van der Waals surface area contributed by atoms with Gasteiger partial charge in [-0.2, -0.15) is 0 Å². The van der Waals surface area contributed by atoms with E-state index < -0.39 is 17.8 Å². The van der Waals surface area contributed by atoms with Crippen LogP contribution in [0.1, 0.15) is 23.5 Å². The smallest absolute Gasteiger partial charge is 0.335 e. The van der Waals surface area contributed by atoms with E-state index in [0.29, 0.717) is 48.4 Å². The number of rotatable bonds is 5. The monoisotopic (exact) mass is 519 g/mol. The van der Waals surface area contributed by atoms with Crippen molar-refractivity contribution in [3.05, 3.63) is 62.5 Å². The number of carbonyl (C=O) groups is 2. The van der Waals surface area contributed by atoms with Gasteiger partial charge in [-0.3, -0.25) is 14.7 Å². The number of piperazine rings is 1. The molecule has 35 heavy (non-hydrogen) atoms. The number of halogens is 2. The fourth-order valence-electron chi connectivity index (χ4n) is 4.80. The summed E-state index contributed by atoms with van der Waals surface area (Å²) in [5.74, 6) is -1.24. The molecule has 3 aliphatic heterocycles. The highest BCUT2D eigenvalue weighted by atomic mass is 35.5. The molecule has 2 N–H and O–H groups in total. The molecule has 2 unspecified atom stereocenters. The number of aliphatic carboxylic acids is 1. The molecule has 0 saturated carbocycles. The van der Waals surface area contributed by atoms with Crippen LogP contribution in [0.2, 0.25) is 5.02 Å². The quantitative estimate of drug-likeness (QED) is 0.624. The van der Waals surface area contributed by atoms with E-state index in [1.807, 2.05) is 0 Å². The lowest BCUT2D eigenvalue weighted by molar-refractivity contribution is -0.142. The molecule has 2 fully saturated rings. The number of aliphatic imine (C=N–C) groups is 1. The number of benzene rings is 1. The summed E-state index contributed by atoms with van der Waals surface area (Å²) in [6, 6.07) is 2.75. The second-order valence-electron chi connectivity index (χ2n) is 8.65. The molecule has 2 aromatic rings. The third kappa shape index (κ3) is 4.68. The minimum absolute atomic E-state index is 0.00647. The molecule has 3 aliphatic rings. The number of fused-ring (bicyclic) bond motifs is 2. The van der Waals surface area contributed by atoms with Gasteiger partial charge in [-0.15, -0.1) is 11.3 Å². The third-order valence-electron chi connectivity index (χ3n) is 6.46. The summed E-state index contributed by atoms with van der Waals surface area (Å²) < 4.78 is 19.5. The van der Waals surface area contributed by atoms with E-state index in [2.05, 4.69) is 20.2 Å². The predicted octanol–water partition coefficient (Wildman–Crippen LogP) is 2.30. The lowest BCUT2D eigenvalue weighted by atomic mass is 9.94. The third-order valence-corrected chi connectivity index (χ3v) is 7.56. The number of carbonyl (C=O) groups excluding carboxylic acids is 1. The van der Waals surface area contributed by atoms with Crippen molar-refractivity contribution in [1.29, 1.82) is 0 Å². The van der Waals surface area contributed by atoms with Crippen LogP contribution >= 0.6 is 22.9 Å². The van der Waals surface area contributed by atoms with Gasteiger partial charge in [0.1, 0.15) is 11.9 Å². The predicted molar refractivity (Wildman–Crippen MR) is 128 cm³/mol. The van der Waals surface area contributed by atoms with E-state index in [1.165, 1.54) is 23.5 Å². The number of carboxylic acid groups (broad SMARTS) is 1. The average Bonchev–Trinajstić information content (AvgIpc) is 3.33. The highest BCUT2D eigenvalue weighted by Crippen LogP contribution is 2.37. The molecule has 0 radical (unpaired) electrons. The topological polar surface area (TPSA) is 107 Å². The summed E-state index contributed by atoms with van der Waals surface area (Å²) in [6.45, 7) is 3.72. The van der Waals surface area contributed by atoms with Gasteiger partial charge in [0.2, 0.25) is 5.91 Å².